The number of carbonyl (C=O) groups excluding carboxylic acids is 1. The first-order valence-electron chi connectivity index (χ1n) is 7.86. The summed E-state index contributed by atoms with van der Waals surface area (Å²) in [5, 5.41) is 18.9. The lowest BCUT2D eigenvalue weighted by atomic mass is 10.1. The number of ketones is 1. The minimum Gasteiger partial charge on any atom is -0.394 e. The van der Waals surface area contributed by atoms with Gasteiger partial charge in [0.15, 0.2) is 5.78 Å². The molecule has 132 valence electrons. The number of hydrogen-bond acceptors (Lipinski definition) is 6. The van der Waals surface area contributed by atoms with Gasteiger partial charge in [-0.25, -0.2) is 4.79 Å². The quantitative estimate of drug-likeness (QED) is 0.709. The molecule has 1 aromatic carbocycles. The lowest BCUT2D eigenvalue weighted by Crippen LogP contribution is -2.42. The minimum atomic E-state index is -0.909. The Labute approximate surface area is 142 Å². The summed E-state index contributed by atoms with van der Waals surface area (Å²) in [7, 11) is 0. The molecule has 0 saturated carbocycles. The molecule has 2 aromatic rings. The third-order valence-electron chi connectivity index (χ3n) is 4.19. The van der Waals surface area contributed by atoms with Crippen molar-refractivity contribution in [2.75, 3.05) is 6.61 Å². The molecule has 3 rings (SSSR count). The second-order valence-electron chi connectivity index (χ2n) is 5.83. The number of carbonyl (C=O) groups is 1. The first-order valence-corrected chi connectivity index (χ1v) is 7.86. The SMILES string of the molecule is O=C(Cn1c(=O)ccn([C@H]2C[C@H](O)[C@@H](CO)O2)c1=O)c1ccccc1. The van der Waals surface area contributed by atoms with Crippen molar-refractivity contribution in [3.63, 3.8) is 0 Å². The van der Waals surface area contributed by atoms with E-state index in [0.29, 0.717) is 5.56 Å². The van der Waals surface area contributed by atoms with Crippen LogP contribution in [-0.2, 0) is 11.3 Å². The summed E-state index contributed by atoms with van der Waals surface area (Å²) < 4.78 is 7.42. The normalized spacial score (nSPS) is 22.9. The Bertz CT molecular complexity index is 873. The lowest BCUT2D eigenvalue weighted by molar-refractivity contribution is -0.0463. The van der Waals surface area contributed by atoms with E-state index in [-0.39, 0.29) is 25.4 Å². The zero-order chi connectivity index (χ0) is 18.0. The molecule has 0 spiro atoms. The summed E-state index contributed by atoms with van der Waals surface area (Å²) >= 11 is 0. The number of rotatable bonds is 5. The average molecular weight is 346 g/mol. The van der Waals surface area contributed by atoms with Crippen LogP contribution in [0.1, 0.15) is 23.0 Å². The molecule has 1 aromatic heterocycles. The van der Waals surface area contributed by atoms with Gasteiger partial charge in [-0.15, -0.1) is 0 Å². The van der Waals surface area contributed by atoms with Crippen LogP contribution in [0.2, 0.25) is 0 Å². The molecule has 0 aliphatic carbocycles. The zero-order valence-electron chi connectivity index (χ0n) is 13.3. The van der Waals surface area contributed by atoms with Crippen LogP contribution in [0.5, 0.6) is 0 Å². The summed E-state index contributed by atoms with van der Waals surface area (Å²) in [5.41, 5.74) is -0.896. The molecule has 1 fully saturated rings. The smallest absolute Gasteiger partial charge is 0.333 e. The van der Waals surface area contributed by atoms with Crippen molar-refractivity contribution in [2.45, 2.75) is 31.4 Å². The fourth-order valence-electron chi connectivity index (χ4n) is 2.81. The first-order chi connectivity index (χ1) is 12.0. The van der Waals surface area contributed by atoms with Gasteiger partial charge in [-0.1, -0.05) is 30.3 Å². The number of aliphatic hydroxyl groups excluding tert-OH is 2. The second kappa shape index (κ2) is 7.14. The van der Waals surface area contributed by atoms with E-state index >= 15 is 0 Å². The number of aromatic nitrogens is 2. The van der Waals surface area contributed by atoms with Crippen molar-refractivity contribution in [1.82, 2.24) is 9.13 Å². The maximum atomic E-state index is 12.6. The number of nitrogens with zero attached hydrogens (tertiary/aromatic N) is 2. The topological polar surface area (TPSA) is 111 Å². The number of Topliss-reactive ketones (excluding diaryl/α,β-unsaturated/α-hetero) is 1. The largest absolute Gasteiger partial charge is 0.394 e. The molecule has 0 bridgehead atoms. The van der Waals surface area contributed by atoms with Crippen molar-refractivity contribution in [2.24, 2.45) is 0 Å². The fraction of sp³-hybridized carbons (Fsp3) is 0.353. The van der Waals surface area contributed by atoms with Gasteiger partial charge in [0.25, 0.3) is 5.56 Å². The van der Waals surface area contributed by atoms with E-state index < -0.39 is 29.7 Å². The van der Waals surface area contributed by atoms with Gasteiger partial charge in [0.1, 0.15) is 12.3 Å². The van der Waals surface area contributed by atoms with Gasteiger partial charge in [0, 0.05) is 24.2 Å². The predicted molar refractivity (Wildman–Crippen MR) is 87.4 cm³/mol. The Hall–Kier alpha value is -2.55. The van der Waals surface area contributed by atoms with Crippen molar-refractivity contribution in [3.8, 4) is 0 Å². The van der Waals surface area contributed by atoms with Crippen LogP contribution < -0.4 is 11.2 Å². The maximum absolute atomic E-state index is 12.6. The van der Waals surface area contributed by atoms with Crippen molar-refractivity contribution in [3.05, 3.63) is 69.0 Å². The van der Waals surface area contributed by atoms with Gasteiger partial charge in [-0.05, 0) is 0 Å². The van der Waals surface area contributed by atoms with E-state index in [2.05, 4.69) is 0 Å². The molecular weight excluding hydrogens is 328 g/mol. The highest BCUT2D eigenvalue weighted by molar-refractivity contribution is 5.95. The molecule has 1 saturated heterocycles. The van der Waals surface area contributed by atoms with E-state index in [1.165, 1.54) is 12.3 Å². The monoisotopic (exact) mass is 346 g/mol. The fourth-order valence-corrected chi connectivity index (χ4v) is 2.81. The molecule has 0 amide bonds. The van der Waals surface area contributed by atoms with Gasteiger partial charge in [-0.2, -0.15) is 0 Å². The van der Waals surface area contributed by atoms with Crippen LogP contribution >= 0.6 is 0 Å². The summed E-state index contributed by atoms with van der Waals surface area (Å²) in [6, 6.07) is 9.54. The second-order valence-corrected chi connectivity index (χ2v) is 5.83. The van der Waals surface area contributed by atoms with E-state index in [1.807, 2.05) is 0 Å². The molecule has 8 nitrogen and oxygen atoms in total. The third kappa shape index (κ3) is 3.46. The summed E-state index contributed by atoms with van der Waals surface area (Å²) in [6.45, 7) is -0.764. The van der Waals surface area contributed by atoms with Crippen LogP contribution in [0.4, 0.5) is 0 Å². The molecular formula is C17H18N2O6. The number of hydrogen-bond donors (Lipinski definition) is 2. The first kappa shape index (κ1) is 17.3. The van der Waals surface area contributed by atoms with Crippen LogP contribution in [0, 0.1) is 0 Å². The standard InChI is InChI=1S/C17H18N2O6/c20-10-14-12(21)8-16(25-14)18-7-6-15(23)19(17(18)24)9-13(22)11-4-2-1-3-5-11/h1-7,12,14,16,20-21H,8-10H2/t12-,14+,16+/m0/s1. The highest BCUT2D eigenvalue weighted by Gasteiger charge is 2.35. The molecule has 2 N–H and O–H groups in total. The van der Waals surface area contributed by atoms with Gasteiger partial charge >= 0.3 is 5.69 Å². The van der Waals surface area contributed by atoms with Crippen LogP contribution in [-0.4, -0.2) is 43.9 Å². The van der Waals surface area contributed by atoms with E-state index in [0.717, 1.165) is 9.13 Å². The third-order valence-corrected chi connectivity index (χ3v) is 4.19. The average Bonchev–Trinajstić information content (AvgIpc) is 2.99. The van der Waals surface area contributed by atoms with Gasteiger partial charge in [0.05, 0.1) is 19.3 Å². The molecule has 0 radical (unpaired) electrons. The molecule has 25 heavy (non-hydrogen) atoms. The maximum Gasteiger partial charge on any atom is 0.333 e. The Morgan fingerprint density at radius 1 is 1.20 bits per heavy atom. The summed E-state index contributed by atoms with van der Waals surface area (Å²) in [6.07, 6.45) is -1.13. The number of benzene rings is 1. The van der Waals surface area contributed by atoms with Gasteiger partial charge in [-0.3, -0.25) is 18.7 Å². The Kier molecular flexibility index (Phi) is 4.93. The summed E-state index contributed by atoms with van der Waals surface area (Å²) in [4.78, 5) is 36.9. The van der Waals surface area contributed by atoms with Crippen molar-refractivity contribution < 1.29 is 19.7 Å². The van der Waals surface area contributed by atoms with Crippen molar-refractivity contribution >= 4 is 5.78 Å². The zero-order valence-corrected chi connectivity index (χ0v) is 13.3. The summed E-state index contributed by atoms with van der Waals surface area (Å²) in [5.74, 6) is -0.363. The minimum absolute atomic E-state index is 0.107. The van der Waals surface area contributed by atoms with E-state index in [1.54, 1.807) is 30.3 Å². The number of ether oxygens (including phenoxy) is 1. The highest BCUT2D eigenvalue weighted by atomic mass is 16.5. The Morgan fingerprint density at radius 2 is 1.92 bits per heavy atom. The van der Waals surface area contributed by atoms with E-state index in [4.69, 9.17) is 9.84 Å². The molecule has 1 aliphatic rings. The molecule has 8 heteroatoms. The van der Waals surface area contributed by atoms with Gasteiger partial charge < -0.3 is 14.9 Å². The molecule has 0 unspecified atom stereocenters. The van der Waals surface area contributed by atoms with Crippen LogP contribution in [0.25, 0.3) is 0 Å². The Morgan fingerprint density at radius 3 is 2.56 bits per heavy atom. The highest BCUT2D eigenvalue weighted by Crippen LogP contribution is 2.26. The van der Waals surface area contributed by atoms with E-state index in [9.17, 15) is 19.5 Å². The molecule has 3 atom stereocenters. The Balaban J connectivity index is 1.90. The molecule has 1 aliphatic heterocycles. The predicted octanol–water partition coefficient (Wildman–Crippen LogP) is -0.466. The number of aliphatic hydroxyl groups is 2. The van der Waals surface area contributed by atoms with Crippen LogP contribution in [0.3, 0.4) is 0 Å². The van der Waals surface area contributed by atoms with Crippen molar-refractivity contribution in [1.29, 1.82) is 0 Å². The lowest BCUT2D eigenvalue weighted by Gasteiger charge is -2.16. The van der Waals surface area contributed by atoms with Gasteiger partial charge in [0.2, 0.25) is 0 Å². The molecule has 2 heterocycles. The van der Waals surface area contributed by atoms with Crippen LogP contribution in [0.15, 0.2) is 52.2 Å².